The molecule has 0 bridgehead atoms. The summed E-state index contributed by atoms with van der Waals surface area (Å²) >= 11 is 0. The highest BCUT2D eigenvalue weighted by atomic mass is 16.2. The van der Waals surface area contributed by atoms with Gasteiger partial charge in [0.15, 0.2) is 0 Å². The van der Waals surface area contributed by atoms with Crippen LogP contribution in [0, 0.1) is 26.7 Å². The van der Waals surface area contributed by atoms with Crippen LogP contribution in [0.1, 0.15) is 52.5 Å². The summed E-state index contributed by atoms with van der Waals surface area (Å²) in [4.78, 5) is 59.7. The molecule has 0 radical (unpaired) electrons. The number of nitrogens with one attached hydrogen (secondary N) is 4. The maximum Gasteiger partial charge on any atom is 0.275 e. The number of aryl methyl sites for hydroxylation is 3. The summed E-state index contributed by atoms with van der Waals surface area (Å²) in [5, 5.41) is 11.3. The first-order chi connectivity index (χ1) is 26.2. The standard InChI is InChI=1S/C42H40N8O4/c1-25-33(39(51)47(43-25)29-17-9-5-10-18-29)37(34-26(2)44-48(40(34)52)30-19-11-6-12-20-30)38(35-27(3)45-49(41(35)53)31-21-13-7-14-22-31)36-28(4)46-50(42(36)54)32-23-15-8-16-24-32/h5-25,33,37-38,43-46H,1-4H3. The normalized spacial score (nSPS) is 16.4. The number of H-pyrrole nitrogens is 3. The number of aromatic amines is 3. The van der Waals surface area contributed by atoms with E-state index in [9.17, 15) is 19.2 Å². The molecule has 0 spiro atoms. The molecule has 0 aliphatic carbocycles. The number of nitrogens with zero attached hydrogens (tertiary/aromatic N) is 4. The van der Waals surface area contributed by atoms with Crippen LogP contribution in [0.2, 0.25) is 0 Å². The summed E-state index contributed by atoms with van der Waals surface area (Å²) in [5.74, 6) is -3.25. The molecule has 12 nitrogen and oxygen atoms in total. The van der Waals surface area contributed by atoms with Crippen molar-refractivity contribution in [1.82, 2.24) is 34.8 Å². The fraction of sp³-hybridized carbons (Fsp3) is 0.190. The molecular weight excluding hydrogens is 681 g/mol. The average molecular weight is 721 g/mol. The van der Waals surface area contributed by atoms with Crippen LogP contribution in [0.5, 0.6) is 0 Å². The summed E-state index contributed by atoms with van der Waals surface area (Å²) in [7, 11) is 0. The van der Waals surface area contributed by atoms with Gasteiger partial charge >= 0.3 is 0 Å². The van der Waals surface area contributed by atoms with Crippen molar-refractivity contribution in [3.8, 4) is 17.1 Å². The Morgan fingerprint density at radius 1 is 0.481 bits per heavy atom. The molecule has 1 aliphatic rings. The van der Waals surface area contributed by atoms with Gasteiger partial charge in [0.2, 0.25) is 5.91 Å². The predicted molar refractivity (Wildman–Crippen MR) is 208 cm³/mol. The van der Waals surface area contributed by atoms with E-state index in [1.807, 2.05) is 128 Å². The molecule has 272 valence electrons. The Kier molecular flexibility index (Phi) is 8.74. The monoisotopic (exact) mass is 720 g/mol. The number of hydrogen-bond donors (Lipinski definition) is 4. The van der Waals surface area contributed by atoms with Crippen molar-refractivity contribution in [2.45, 2.75) is 45.6 Å². The lowest BCUT2D eigenvalue weighted by Gasteiger charge is -2.31. The lowest BCUT2D eigenvalue weighted by Crippen LogP contribution is -2.39. The number of para-hydroxylation sites is 4. The minimum absolute atomic E-state index is 0.285. The lowest BCUT2D eigenvalue weighted by molar-refractivity contribution is -0.121. The number of anilines is 1. The molecule has 0 saturated carbocycles. The number of carbonyl (C=O) groups is 1. The number of amides is 1. The first kappa shape index (κ1) is 34.4. The summed E-state index contributed by atoms with van der Waals surface area (Å²) in [6, 6.07) is 36.3. The number of rotatable bonds is 9. The zero-order chi connectivity index (χ0) is 37.7. The molecule has 12 heteroatoms. The first-order valence-electron chi connectivity index (χ1n) is 17.9. The van der Waals surface area contributed by atoms with E-state index in [4.69, 9.17) is 0 Å². The molecule has 4 heterocycles. The average Bonchev–Trinajstić information content (AvgIpc) is 3.87. The van der Waals surface area contributed by atoms with Crippen LogP contribution in [0.15, 0.2) is 136 Å². The Bertz CT molecular complexity index is 2540. The van der Waals surface area contributed by atoms with E-state index in [0.717, 1.165) is 0 Å². The maximum atomic E-state index is 15.0. The minimum Gasteiger partial charge on any atom is -0.295 e. The van der Waals surface area contributed by atoms with Crippen LogP contribution in [0.4, 0.5) is 5.69 Å². The molecule has 3 atom stereocenters. The predicted octanol–water partition coefficient (Wildman–Crippen LogP) is 5.52. The van der Waals surface area contributed by atoms with Crippen LogP contribution in [0.25, 0.3) is 17.1 Å². The van der Waals surface area contributed by atoms with Gasteiger partial charge in [-0.2, -0.15) is 0 Å². The van der Waals surface area contributed by atoms with Crippen molar-refractivity contribution in [2.24, 2.45) is 5.92 Å². The Morgan fingerprint density at radius 3 is 1.20 bits per heavy atom. The summed E-state index contributed by atoms with van der Waals surface area (Å²) in [5.41, 5.74) is 7.07. The molecule has 7 aromatic rings. The Labute approximate surface area is 310 Å². The molecule has 4 N–H and O–H groups in total. The highest BCUT2D eigenvalue weighted by molar-refractivity contribution is 5.97. The van der Waals surface area contributed by atoms with E-state index in [0.29, 0.717) is 45.4 Å². The van der Waals surface area contributed by atoms with Gasteiger partial charge in [-0.3, -0.25) is 34.5 Å². The van der Waals surface area contributed by atoms with Gasteiger partial charge in [-0.25, -0.2) is 24.5 Å². The summed E-state index contributed by atoms with van der Waals surface area (Å²) < 4.78 is 4.36. The molecule has 1 saturated heterocycles. The topological polar surface area (TPSA) is 146 Å². The number of carbonyl (C=O) groups excluding carboxylic acids is 1. The molecular formula is C42H40N8O4. The van der Waals surface area contributed by atoms with Crippen LogP contribution in [-0.2, 0) is 4.79 Å². The van der Waals surface area contributed by atoms with E-state index < -0.39 is 23.8 Å². The van der Waals surface area contributed by atoms with Crippen LogP contribution >= 0.6 is 0 Å². The van der Waals surface area contributed by atoms with Crippen molar-refractivity contribution in [3.05, 3.63) is 186 Å². The molecule has 3 aromatic heterocycles. The minimum atomic E-state index is -1.06. The molecule has 1 fully saturated rings. The van der Waals surface area contributed by atoms with Gasteiger partial charge in [0.25, 0.3) is 16.7 Å². The smallest absolute Gasteiger partial charge is 0.275 e. The van der Waals surface area contributed by atoms with Crippen molar-refractivity contribution in [2.75, 3.05) is 5.01 Å². The zero-order valence-corrected chi connectivity index (χ0v) is 30.3. The van der Waals surface area contributed by atoms with Gasteiger partial charge in [-0.1, -0.05) is 72.8 Å². The van der Waals surface area contributed by atoms with Crippen molar-refractivity contribution in [1.29, 1.82) is 0 Å². The fourth-order valence-corrected chi connectivity index (χ4v) is 8.09. The zero-order valence-electron chi connectivity index (χ0n) is 30.3. The molecule has 3 unspecified atom stereocenters. The van der Waals surface area contributed by atoms with Gasteiger partial charge in [-0.05, 0) is 76.2 Å². The number of benzene rings is 4. The number of hydrogen-bond acceptors (Lipinski definition) is 5. The Balaban J connectivity index is 1.45. The second-order valence-electron chi connectivity index (χ2n) is 13.8. The van der Waals surface area contributed by atoms with Crippen LogP contribution in [-0.4, -0.2) is 41.3 Å². The highest BCUT2D eigenvalue weighted by Gasteiger charge is 2.51. The van der Waals surface area contributed by atoms with E-state index in [2.05, 4.69) is 20.7 Å². The SMILES string of the molecule is Cc1[nH]n(-c2ccccc2)c(=O)c1C(c1c(C)[nH]n(-c2ccccc2)c1=O)C(c1c(C)[nH]n(-c2ccccc2)c1=O)C1C(=O)N(c2ccccc2)NC1C. The third kappa shape index (κ3) is 5.67. The van der Waals surface area contributed by atoms with Gasteiger partial charge in [0, 0.05) is 51.6 Å². The molecule has 1 aliphatic heterocycles. The van der Waals surface area contributed by atoms with Crippen LogP contribution < -0.4 is 27.1 Å². The van der Waals surface area contributed by atoms with E-state index in [1.165, 1.54) is 19.1 Å². The van der Waals surface area contributed by atoms with Gasteiger partial charge in [-0.15, -0.1) is 0 Å². The summed E-state index contributed by atoms with van der Waals surface area (Å²) in [6.07, 6.45) is 0. The van der Waals surface area contributed by atoms with Crippen molar-refractivity contribution >= 4 is 11.6 Å². The van der Waals surface area contributed by atoms with Crippen molar-refractivity contribution < 1.29 is 4.79 Å². The molecule has 8 rings (SSSR count). The lowest BCUT2D eigenvalue weighted by atomic mass is 9.69. The number of hydrazine groups is 1. The largest absolute Gasteiger partial charge is 0.295 e. The third-order valence-electron chi connectivity index (χ3n) is 10.5. The number of aromatic nitrogens is 6. The second kappa shape index (κ2) is 13.7. The highest BCUT2D eigenvalue weighted by Crippen LogP contribution is 2.46. The quantitative estimate of drug-likeness (QED) is 0.155. The third-order valence-corrected chi connectivity index (χ3v) is 10.5. The van der Waals surface area contributed by atoms with E-state index >= 15 is 0 Å². The van der Waals surface area contributed by atoms with E-state index in [-0.39, 0.29) is 33.7 Å². The molecule has 4 aromatic carbocycles. The molecule has 1 amide bonds. The summed E-state index contributed by atoms with van der Waals surface area (Å²) in [6.45, 7) is 7.27. The second-order valence-corrected chi connectivity index (χ2v) is 13.8. The molecule has 54 heavy (non-hydrogen) atoms. The van der Waals surface area contributed by atoms with Gasteiger partial charge in [0.05, 0.1) is 28.7 Å². The van der Waals surface area contributed by atoms with E-state index in [1.54, 1.807) is 20.8 Å². The Hall–Kier alpha value is -6.66. The van der Waals surface area contributed by atoms with Crippen molar-refractivity contribution in [3.63, 3.8) is 0 Å². The van der Waals surface area contributed by atoms with Crippen LogP contribution in [0.3, 0.4) is 0 Å². The van der Waals surface area contributed by atoms with Gasteiger partial charge < -0.3 is 0 Å². The first-order valence-corrected chi connectivity index (χ1v) is 17.9. The maximum absolute atomic E-state index is 15.0. The fourth-order valence-electron chi connectivity index (χ4n) is 8.09. The Morgan fingerprint density at radius 2 is 0.815 bits per heavy atom. The van der Waals surface area contributed by atoms with Gasteiger partial charge in [0.1, 0.15) is 0 Å².